The number of ether oxygens (including phenoxy) is 1. The average Bonchev–Trinajstić information content (AvgIpc) is 3.61. The highest BCUT2D eigenvalue weighted by Crippen LogP contribution is 2.37. The molecule has 1 fully saturated rings. The van der Waals surface area contributed by atoms with Gasteiger partial charge in [-0.15, -0.1) is 0 Å². The van der Waals surface area contributed by atoms with Crippen LogP contribution in [0.15, 0.2) is 82.4 Å². The second kappa shape index (κ2) is 10.7. The van der Waals surface area contributed by atoms with Crippen molar-refractivity contribution >= 4 is 51.9 Å². The Morgan fingerprint density at radius 2 is 2.00 bits per heavy atom. The molecule has 2 aromatic heterocycles. The second-order valence-electron chi connectivity index (χ2n) is 8.05. The first-order valence-corrected chi connectivity index (χ1v) is 13.0. The first kappa shape index (κ1) is 24.4. The third-order valence-corrected chi connectivity index (χ3v) is 7.16. The summed E-state index contributed by atoms with van der Waals surface area (Å²) >= 11 is 13.3. The molecule has 36 heavy (non-hydrogen) atoms. The number of halogens is 1. The van der Waals surface area contributed by atoms with E-state index in [-0.39, 0.29) is 5.91 Å². The monoisotopic (exact) mass is 535 g/mol. The summed E-state index contributed by atoms with van der Waals surface area (Å²) in [5.74, 6) is 1.14. The van der Waals surface area contributed by atoms with Gasteiger partial charge >= 0.3 is 0 Å². The van der Waals surface area contributed by atoms with Gasteiger partial charge in [-0.05, 0) is 55.0 Å². The van der Waals surface area contributed by atoms with Crippen molar-refractivity contribution in [1.82, 2.24) is 14.7 Å². The Bertz CT molecular complexity index is 1430. The average molecular weight is 536 g/mol. The summed E-state index contributed by atoms with van der Waals surface area (Å²) in [6.45, 7) is 2.93. The molecule has 3 heterocycles. The lowest BCUT2D eigenvalue weighted by atomic mass is 10.1. The van der Waals surface area contributed by atoms with Crippen LogP contribution in [0.25, 0.3) is 23.0 Å². The van der Waals surface area contributed by atoms with Crippen LogP contribution < -0.4 is 4.74 Å². The van der Waals surface area contributed by atoms with Gasteiger partial charge in [0.25, 0.3) is 5.91 Å². The predicted octanol–water partition coefficient (Wildman–Crippen LogP) is 6.98. The molecule has 9 heteroatoms. The minimum atomic E-state index is -0.166. The maximum Gasteiger partial charge on any atom is 0.266 e. The van der Waals surface area contributed by atoms with Crippen molar-refractivity contribution in [2.75, 3.05) is 6.61 Å². The SMILES string of the molecule is CCCOc1ccc(-c2nn(-c3ccccc3)cc2C=C2SC(=S)N(Cc3ccco3)C2=O)cc1Cl. The molecule has 2 aromatic carbocycles. The Morgan fingerprint density at radius 1 is 1.17 bits per heavy atom. The molecule has 1 aliphatic rings. The summed E-state index contributed by atoms with van der Waals surface area (Å²) in [6.07, 6.45) is 6.20. The lowest BCUT2D eigenvalue weighted by molar-refractivity contribution is -0.122. The number of amides is 1. The Kier molecular flexibility index (Phi) is 7.27. The van der Waals surface area contributed by atoms with E-state index in [1.54, 1.807) is 21.9 Å². The molecule has 4 aromatic rings. The van der Waals surface area contributed by atoms with Gasteiger partial charge in [0.15, 0.2) is 0 Å². The number of carbonyl (C=O) groups is 1. The predicted molar refractivity (Wildman–Crippen MR) is 147 cm³/mol. The molecule has 0 aliphatic carbocycles. The number of furan rings is 1. The molecular weight excluding hydrogens is 514 g/mol. The number of aromatic nitrogens is 2. The Morgan fingerprint density at radius 3 is 2.72 bits per heavy atom. The van der Waals surface area contributed by atoms with Gasteiger partial charge in [0.2, 0.25) is 0 Å². The van der Waals surface area contributed by atoms with Crippen LogP contribution in [-0.4, -0.2) is 31.5 Å². The van der Waals surface area contributed by atoms with Crippen molar-refractivity contribution in [3.8, 4) is 22.7 Å². The van der Waals surface area contributed by atoms with Crippen LogP contribution in [0.4, 0.5) is 0 Å². The fourth-order valence-electron chi connectivity index (χ4n) is 3.74. The van der Waals surface area contributed by atoms with Crippen molar-refractivity contribution < 1.29 is 13.9 Å². The quantitative estimate of drug-likeness (QED) is 0.179. The van der Waals surface area contributed by atoms with Crippen LogP contribution in [0.5, 0.6) is 5.75 Å². The van der Waals surface area contributed by atoms with Gasteiger partial charge < -0.3 is 9.15 Å². The summed E-state index contributed by atoms with van der Waals surface area (Å²) in [5.41, 5.74) is 3.18. The summed E-state index contributed by atoms with van der Waals surface area (Å²) in [7, 11) is 0. The first-order valence-electron chi connectivity index (χ1n) is 11.4. The van der Waals surface area contributed by atoms with Crippen LogP contribution in [0.1, 0.15) is 24.7 Å². The number of thioether (sulfide) groups is 1. The van der Waals surface area contributed by atoms with E-state index >= 15 is 0 Å². The zero-order chi connectivity index (χ0) is 25.1. The highest BCUT2D eigenvalue weighted by molar-refractivity contribution is 8.26. The third kappa shape index (κ3) is 5.11. The van der Waals surface area contributed by atoms with Crippen LogP contribution in [-0.2, 0) is 11.3 Å². The summed E-state index contributed by atoms with van der Waals surface area (Å²) in [6, 6.07) is 19.0. The molecule has 0 radical (unpaired) electrons. The Labute approximate surface area is 223 Å². The molecule has 0 spiro atoms. The Balaban J connectivity index is 1.53. The molecule has 0 bridgehead atoms. The number of thiocarbonyl (C=S) groups is 1. The van der Waals surface area contributed by atoms with E-state index < -0.39 is 0 Å². The van der Waals surface area contributed by atoms with Gasteiger partial charge in [0.1, 0.15) is 21.5 Å². The number of benzene rings is 2. The number of hydrogen-bond donors (Lipinski definition) is 0. The maximum atomic E-state index is 13.2. The topological polar surface area (TPSA) is 60.5 Å². The van der Waals surface area contributed by atoms with Crippen molar-refractivity contribution in [2.24, 2.45) is 0 Å². The molecule has 1 saturated heterocycles. The molecule has 5 rings (SSSR count). The zero-order valence-corrected chi connectivity index (χ0v) is 21.8. The van der Waals surface area contributed by atoms with Gasteiger partial charge in [-0.3, -0.25) is 9.69 Å². The lowest BCUT2D eigenvalue weighted by Gasteiger charge is -2.11. The normalized spacial score (nSPS) is 14.7. The molecule has 0 atom stereocenters. The van der Waals surface area contributed by atoms with Crippen LogP contribution in [0.3, 0.4) is 0 Å². The summed E-state index contributed by atoms with van der Waals surface area (Å²) in [5, 5.41) is 5.35. The van der Waals surface area contributed by atoms with E-state index in [4.69, 9.17) is 38.1 Å². The van der Waals surface area contributed by atoms with Gasteiger partial charge in [-0.25, -0.2) is 4.68 Å². The third-order valence-electron chi connectivity index (χ3n) is 5.48. The molecule has 1 amide bonds. The molecule has 0 unspecified atom stereocenters. The van der Waals surface area contributed by atoms with Crippen LogP contribution in [0, 0.1) is 0 Å². The van der Waals surface area contributed by atoms with Crippen molar-refractivity contribution in [3.05, 3.63) is 94.4 Å². The first-order chi connectivity index (χ1) is 17.5. The minimum Gasteiger partial charge on any atom is -0.492 e. The largest absolute Gasteiger partial charge is 0.492 e. The number of hydrogen-bond acceptors (Lipinski definition) is 6. The van der Waals surface area contributed by atoms with E-state index in [1.165, 1.54) is 11.8 Å². The smallest absolute Gasteiger partial charge is 0.266 e. The van der Waals surface area contributed by atoms with Crippen LogP contribution in [0.2, 0.25) is 5.02 Å². The van der Waals surface area contributed by atoms with Crippen molar-refractivity contribution in [2.45, 2.75) is 19.9 Å². The van der Waals surface area contributed by atoms with Gasteiger partial charge in [0.05, 0.1) is 35.0 Å². The molecule has 6 nitrogen and oxygen atoms in total. The summed E-state index contributed by atoms with van der Waals surface area (Å²) in [4.78, 5) is 15.3. The number of para-hydroxylation sites is 1. The molecule has 182 valence electrons. The van der Waals surface area contributed by atoms with E-state index in [0.717, 1.165) is 23.2 Å². The maximum absolute atomic E-state index is 13.2. The number of rotatable bonds is 8. The molecule has 0 N–H and O–H groups in total. The minimum absolute atomic E-state index is 0.166. The summed E-state index contributed by atoms with van der Waals surface area (Å²) < 4.78 is 13.4. The van der Waals surface area contributed by atoms with Crippen LogP contribution >= 0.6 is 35.6 Å². The van der Waals surface area contributed by atoms with E-state index in [0.29, 0.717) is 44.6 Å². The highest BCUT2D eigenvalue weighted by atomic mass is 35.5. The highest BCUT2D eigenvalue weighted by Gasteiger charge is 2.33. The van der Waals surface area contributed by atoms with E-state index in [2.05, 4.69) is 0 Å². The fourth-order valence-corrected chi connectivity index (χ4v) is 5.22. The Hall–Kier alpha value is -3.33. The molecule has 0 saturated carbocycles. The van der Waals surface area contributed by atoms with Gasteiger partial charge in [-0.2, -0.15) is 5.10 Å². The molecule has 1 aliphatic heterocycles. The number of carbonyl (C=O) groups excluding carboxylic acids is 1. The van der Waals surface area contributed by atoms with Gasteiger partial charge in [0, 0.05) is 17.3 Å². The zero-order valence-electron chi connectivity index (χ0n) is 19.4. The lowest BCUT2D eigenvalue weighted by Crippen LogP contribution is -2.27. The van der Waals surface area contributed by atoms with Gasteiger partial charge in [-0.1, -0.05) is 60.7 Å². The standard InChI is InChI=1S/C27H22ClN3O3S2/c1-2-12-34-23-11-10-18(14-22(23)28)25-19(16-31(29-25)20-7-4-3-5-8-20)15-24-26(32)30(27(35)36-24)17-21-9-6-13-33-21/h3-11,13-16H,2,12,17H2,1H3. The van der Waals surface area contributed by atoms with Crippen molar-refractivity contribution in [1.29, 1.82) is 0 Å². The van der Waals surface area contributed by atoms with E-state index in [9.17, 15) is 4.79 Å². The van der Waals surface area contributed by atoms with E-state index in [1.807, 2.05) is 73.8 Å². The fraction of sp³-hybridized carbons (Fsp3) is 0.148. The second-order valence-corrected chi connectivity index (χ2v) is 10.1. The van der Waals surface area contributed by atoms with Crippen molar-refractivity contribution in [3.63, 3.8) is 0 Å². The number of nitrogens with zero attached hydrogens (tertiary/aromatic N) is 3. The molecular formula is C27H22ClN3O3S2.